The van der Waals surface area contributed by atoms with Crippen LogP contribution in [0.2, 0.25) is 10.2 Å². The van der Waals surface area contributed by atoms with Crippen molar-refractivity contribution in [1.82, 2.24) is 4.98 Å². The molecule has 1 N–H and O–H groups in total. The van der Waals surface area contributed by atoms with Crippen LogP contribution in [0.3, 0.4) is 0 Å². The highest BCUT2D eigenvalue weighted by molar-refractivity contribution is 7.92. The molecule has 0 atom stereocenters. The Morgan fingerprint density at radius 2 is 1.90 bits per heavy atom. The zero-order valence-electron chi connectivity index (χ0n) is 10.2. The highest BCUT2D eigenvalue weighted by Crippen LogP contribution is 2.27. The van der Waals surface area contributed by atoms with Crippen molar-refractivity contribution in [2.75, 3.05) is 4.72 Å². The second-order valence-corrected chi connectivity index (χ2v) is 6.30. The number of nitrogens with zero attached hydrogens (tertiary/aromatic N) is 2. The van der Waals surface area contributed by atoms with Crippen LogP contribution in [-0.4, -0.2) is 18.3 Å². The molecule has 21 heavy (non-hydrogen) atoms. The van der Waals surface area contributed by atoms with Crippen molar-refractivity contribution < 1.29 is 13.3 Å². The number of hydrogen-bond acceptors (Lipinski definition) is 5. The van der Waals surface area contributed by atoms with E-state index in [4.69, 9.17) is 23.2 Å². The first-order valence-electron chi connectivity index (χ1n) is 5.39. The molecular formula is C11H7Cl2N3O4S. The van der Waals surface area contributed by atoms with Gasteiger partial charge >= 0.3 is 0 Å². The predicted molar refractivity (Wildman–Crippen MR) is 78.2 cm³/mol. The van der Waals surface area contributed by atoms with Gasteiger partial charge in [-0.2, -0.15) is 0 Å². The summed E-state index contributed by atoms with van der Waals surface area (Å²) in [5, 5.41) is 10.7. The lowest BCUT2D eigenvalue weighted by molar-refractivity contribution is -0.384. The summed E-state index contributed by atoms with van der Waals surface area (Å²) in [6.07, 6.45) is 0. The lowest BCUT2D eigenvalue weighted by Crippen LogP contribution is -2.14. The van der Waals surface area contributed by atoms with Gasteiger partial charge in [-0.1, -0.05) is 29.3 Å². The first-order valence-corrected chi connectivity index (χ1v) is 7.63. The molecule has 0 fully saturated rings. The van der Waals surface area contributed by atoms with Gasteiger partial charge in [-0.15, -0.1) is 0 Å². The zero-order valence-corrected chi connectivity index (χ0v) is 12.5. The van der Waals surface area contributed by atoms with E-state index in [0.717, 1.165) is 18.2 Å². The molecule has 0 radical (unpaired) electrons. The Balaban J connectivity index is 2.40. The molecule has 2 aromatic rings. The van der Waals surface area contributed by atoms with Crippen LogP contribution in [0.25, 0.3) is 0 Å². The number of rotatable bonds is 4. The molecule has 0 unspecified atom stereocenters. The number of halogens is 2. The van der Waals surface area contributed by atoms with Crippen molar-refractivity contribution in [2.45, 2.75) is 4.90 Å². The molecule has 1 aromatic carbocycles. The van der Waals surface area contributed by atoms with Gasteiger partial charge in [0.1, 0.15) is 16.0 Å². The van der Waals surface area contributed by atoms with Crippen LogP contribution in [0.15, 0.2) is 41.3 Å². The molecule has 0 saturated carbocycles. The van der Waals surface area contributed by atoms with Crippen molar-refractivity contribution >= 4 is 44.7 Å². The van der Waals surface area contributed by atoms with Gasteiger partial charge in [-0.25, -0.2) is 13.4 Å². The molecule has 0 saturated heterocycles. The fourth-order valence-corrected chi connectivity index (χ4v) is 2.83. The van der Waals surface area contributed by atoms with Gasteiger partial charge in [-0.05, 0) is 24.3 Å². The maximum absolute atomic E-state index is 12.1. The average Bonchev–Trinajstić information content (AvgIpc) is 2.38. The van der Waals surface area contributed by atoms with Gasteiger partial charge in [0.05, 0.1) is 9.82 Å². The molecule has 110 valence electrons. The monoisotopic (exact) mass is 347 g/mol. The van der Waals surface area contributed by atoms with Crippen molar-refractivity contribution in [3.63, 3.8) is 0 Å². The highest BCUT2D eigenvalue weighted by atomic mass is 35.5. The number of pyridine rings is 1. The SMILES string of the molecule is O=[N+]([O-])c1cc(S(=O)(=O)Nc2cccc(Cl)n2)ccc1Cl. The average molecular weight is 348 g/mol. The molecule has 10 heteroatoms. The number of aromatic nitrogens is 1. The summed E-state index contributed by atoms with van der Waals surface area (Å²) in [7, 11) is -4.04. The third-order valence-corrected chi connectivity index (χ3v) is 4.26. The van der Waals surface area contributed by atoms with E-state index in [1.807, 2.05) is 0 Å². The lowest BCUT2D eigenvalue weighted by Gasteiger charge is -2.07. The minimum Gasteiger partial charge on any atom is -0.263 e. The number of nitro benzene ring substituents is 1. The Bertz CT molecular complexity index is 811. The first kappa shape index (κ1) is 15.5. The normalized spacial score (nSPS) is 11.1. The molecule has 0 amide bonds. The Kier molecular flexibility index (Phi) is 4.31. The van der Waals surface area contributed by atoms with Crippen LogP contribution >= 0.6 is 23.2 Å². The summed E-state index contributed by atoms with van der Waals surface area (Å²) in [6, 6.07) is 7.55. The predicted octanol–water partition coefficient (Wildman–Crippen LogP) is 3.10. The molecule has 1 aromatic heterocycles. The number of nitro groups is 1. The van der Waals surface area contributed by atoms with Gasteiger partial charge < -0.3 is 0 Å². The first-order chi connectivity index (χ1) is 9.79. The third-order valence-electron chi connectivity index (χ3n) is 2.38. The van der Waals surface area contributed by atoms with Crippen molar-refractivity contribution in [1.29, 1.82) is 0 Å². The summed E-state index contributed by atoms with van der Waals surface area (Å²) < 4.78 is 26.5. The van der Waals surface area contributed by atoms with Crippen LogP contribution in [0.5, 0.6) is 0 Å². The summed E-state index contributed by atoms with van der Waals surface area (Å²) in [6.45, 7) is 0. The molecule has 0 bridgehead atoms. The number of anilines is 1. The third kappa shape index (κ3) is 3.60. The molecule has 0 aliphatic heterocycles. The van der Waals surface area contributed by atoms with E-state index in [-0.39, 0.29) is 20.9 Å². The number of hydrogen-bond donors (Lipinski definition) is 1. The molecule has 2 rings (SSSR count). The maximum atomic E-state index is 12.1. The summed E-state index contributed by atoms with van der Waals surface area (Å²) in [4.78, 5) is 13.5. The standard InChI is InChI=1S/C11H7Cl2N3O4S/c12-8-5-4-7(6-9(8)16(17)18)21(19,20)15-11-3-1-2-10(13)14-11/h1-6H,(H,14,15). The Labute approximate surface area is 129 Å². The van der Waals surface area contributed by atoms with E-state index in [9.17, 15) is 18.5 Å². The van der Waals surface area contributed by atoms with E-state index in [0.29, 0.717) is 0 Å². The van der Waals surface area contributed by atoms with Crippen LogP contribution in [0.1, 0.15) is 0 Å². The number of nitrogens with one attached hydrogen (secondary N) is 1. The Hall–Kier alpha value is -1.90. The zero-order chi connectivity index (χ0) is 15.6. The lowest BCUT2D eigenvalue weighted by atomic mass is 10.3. The van der Waals surface area contributed by atoms with Crippen molar-refractivity contribution in [3.8, 4) is 0 Å². The molecule has 0 aliphatic carbocycles. The maximum Gasteiger partial charge on any atom is 0.289 e. The Morgan fingerprint density at radius 3 is 2.52 bits per heavy atom. The topological polar surface area (TPSA) is 102 Å². The van der Waals surface area contributed by atoms with Gasteiger partial charge in [-0.3, -0.25) is 14.8 Å². The molecule has 1 heterocycles. The van der Waals surface area contributed by atoms with E-state index in [1.165, 1.54) is 18.2 Å². The van der Waals surface area contributed by atoms with Crippen LogP contribution in [0.4, 0.5) is 11.5 Å². The van der Waals surface area contributed by atoms with Gasteiger partial charge in [0, 0.05) is 6.07 Å². The molecule has 7 nitrogen and oxygen atoms in total. The second kappa shape index (κ2) is 5.84. The molecule has 0 spiro atoms. The van der Waals surface area contributed by atoms with Crippen LogP contribution < -0.4 is 4.72 Å². The molecule has 0 aliphatic rings. The van der Waals surface area contributed by atoms with Crippen molar-refractivity contribution in [3.05, 3.63) is 56.7 Å². The van der Waals surface area contributed by atoms with Gasteiger partial charge in [0.15, 0.2) is 0 Å². The smallest absolute Gasteiger partial charge is 0.263 e. The quantitative estimate of drug-likeness (QED) is 0.520. The van der Waals surface area contributed by atoms with Crippen LogP contribution in [0, 0.1) is 10.1 Å². The second-order valence-electron chi connectivity index (χ2n) is 3.82. The summed E-state index contributed by atoms with van der Waals surface area (Å²) in [5.41, 5.74) is -0.501. The van der Waals surface area contributed by atoms with Crippen LogP contribution in [-0.2, 0) is 10.0 Å². The minimum atomic E-state index is -4.04. The largest absolute Gasteiger partial charge is 0.289 e. The van der Waals surface area contributed by atoms with Gasteiger partial charge in [0.25, 0.3) is 15.7 Å². The van der Waals surface area contributed by atoms with E-state index < -0.39 is 20.6 Å². The fourth-order valence-electron chi connectivity index (χ4n) is 1.46. The minimum absolute atomic E-state index is 0.0000954. The fraction of sp³-hybridized carbons (Fsp3) is 0. The highest BCUT2D eigenvalue weighted by Gasteiger charge is 2.21. The van der Waals surface area contributed by atoms with Gasteiger partial charge in [0.2, 0.25) is 0 Å². The van der Waals surface area contributed by atoms with E-state index in [1.54, 1.807) is 0 Å². The Morgan fingerprint density at radius 1 is 1.19 bits per heavy atom. The molecular weight excluding hydrogens is 341 g/mol. The van der Waals surface area contributed by atoms with Crippen molar-refractivity contribution in [2.24, 2.45) is 0 Å². The summed E-state index contributed by atoms with van der Waals surface area (Å²) >= 11 is 11.3. The van der Waals surface area contributed by atoms with E-state index >= 15 is 0 Å². The number of benzene rings is 1. The summed E-state index contributed by atoms with van der Waals surface area (Å²) in [5.74, 6) is 0.0000954. The van der Waals surface area contributed by atoms with E-state index in [2.05, 4.69) is 9.71 Å². The number of sulfonamides is 1.